The van der Waals surface area contributed by atoms with Gasteiger partial charge in [-0.1, -0.05) is 6.07 Å². The Labute approximate surface area is 103 Å². The van der Waals surface area contributed by atoms with E-state index in [2.05, 4.69) is 9.83 Å². The Morgan fingerprint density at radius 3 is 2.61 bits per heavy atom. The quantitative estimate of drug-likeness (QED) is 0.814. The van der Waals surface area contributed by atoms with Crippen LogP contribution >= 0.6 is 0 Å². The van der Waals surface area contributed by atoms with Crippen LogP contribution in [0.2, 0.25) is 0 Å². The van der Waals surface area contributed by atoms with E-state index in [-0.39, 0.29) is 21.8 Å². The molecule has 7 heteroatoms. The molecular weight excluding hydrogens is 257 g/mol. The number of halogens is 1. The Balaban J connectivity index is 2.56. The summed E-state index contributed by atoms with van der Waals surface area (Å²) in [5, 5.41) is 4.95. The van der Waals surface area contributed by atoms with Crippen molar-refractivity contribution in [2.45, 2.75) is 4.90 Å². The maximum Gasteiger partial charge on any atom is 0.239 e. The summed E-state index contributed by atoms with van der Waals surface area (Å²) in [7, 11) is -3.83. The van der Waals surface area contributed by atoms with Crippen LogP contribution in [0.25, 0.3) is 16.1 Å². The molecule has 1 aromatic carbocycles. The zero-order chi connectivity index (χ0) is 13.3. The zero-order valence-electron chi connectivity index (χ0n) is 9.01. The Morgan fingerprint density at radius 1 is 1.33 bits per heavy atom. The third kappa shape index (κ3) is 2.25. The fourth-order valence-electron chi connectivity index (χ4n) is 1.48. The molecule has 0 saturated heterocycles. The van der Waals surface area contributed by atoms with Crippen molar-refractivity contribution in [3.05, 3.63) is 47.7 Å². The molecule has 2 aromatic rings. The summed E-state index contributed by atoms with van der Waals surface area (Å²) in [6, 6.07) is 5.05. The van der Waals surface area contributed by atoms with Gasteiger partial charge in [-0.3, -0.25) is 0 Å². The largest absolute Gasteiger partial charge is 0.360 e. The molecule has 0 bridgehead atoms. The molecule has 18 heavy (non-hydrogen) atoms. The third-order valence-corrected chi connectivity index (χ3v) is 3.25. The van der Waals surface area contributed by atoms with E-state index >= 15 is 0 Å². The Kier molecular flexibility index (Phi) is 2.90. The van der Waals surface area contributed by atoms with Crippen molar-refractivity contribution in [1.29, 1.82) is 0 Å². The van der Waals surface area contributed by atoms with E-state index in [1.807, 2.05) is 0 Å². The number of sulfonamides is 1. The number of hydrogen-bond donors (Lipinski definition) is 2. The molecule has 0 spiro atoms. The van der Waals surface area contributed by atoms with E-state index in [9.17, 15) is 12.8 Å². The fourth-order valence-corrected chi connectivity index (χ4v) is 1.99. The normalized spacial score (nSPS) is 11.2. The minimum atomic E-state index is -3.83. The highest BCUT2D eigenvalue weighted by atomic mass is 32.2. The molecule has 1 aromatic heterocycles. The number of rotatable bonds is 2. The molecule has 3 N–H and O–H groups in total. The summed E-state index contributed by atoms with van der Waals surface area (Å²) < 4.78 is 35.8. The number of hydrogen-bond acceptors (Lipinski definition) is 2. The molecule has 0 amide bonds. The van der Waals surface area contributed by atoms with Crippen LogP contribution in [0.4, 0.5) is 10.1 Å². The molecule has 0 radical (unpaired) electrons. The smallest absolute Gasteiger partial charge is 0.239 e. The van der Waals surface area contributed by atoms with E-state index < -0.39 is 15.8 Å². The van der Waals surface area contributed by atoms with E-state index in [0.717, 1.165) is 6.07 Å². The van der Waals surface area contributed by atoms with Gasteiger partial charge in [0.05, 0.1) is 11.5 Å². The summed E-state index contributed by atoms with van der Waals surface area (Å²) in [5.74, 6) is -0.551. The molecule has 5 nitrogen and oxygen atoms in total. The summed E-state index contributed by atoms with van der Waals surface area (Å²) >= 11 is 0. The van der Waals surface area contributed by atoms with Crippen LogP contribution in [0.15, 0.2) is 35.4 Å². The first-order valence-electron chi connectivity index (χ1n) is 4.80. The number of H-pyrrole nitrogens is 1. The van der Waals surface area contributed by atoms with Crippen LogP contribution in [0, 0.1) is 12.4 Å². The first kappa shape index (κ1) is 12.3. The van der Waals surface area contributed by atoms with Crippen molar-refractivity contribution in [2.75, 3.05) is 0 Å². The lowest BCUT2D eigenvalue weighted by Gasteiger charge is -2.00. The van der Waals surface area contributed by atoms with Gasteiger partial charge in [0.25, 0.3) is 0 Å². The van der Waals surface area contributed by atoms with Gasteiger partial charge in [0, 0.05) is 17.5 Å². The number of primary sulfonamides is 1. The minimum absolute atomic E-state index is 0.124. The van der Waals surface area contributed by atoms with Crippen molar-refractivity contribution in [2.24, 2.45) is 5.14 Å². The van der Waals surface area contributed by atoms with Gasteiger partial charge >= 0.3 is 0 Å². The number of nitrogens with two attached hydrogens (primary N) is 1. The lowest BCUT2D eigenvalue weighted by molar-refractivity contribution is 0.598. The summed E-state index contributed by atoms with van der Waals surface area (Å²) in [6.45, 7) is 6.85. The first-order valence-corrected chi connectivity index (χ1v) is 6.35. The maximum atomic E-state index is 13.6. The summed E-state index contributed by atoms with van der Waals surface area (Å²) in [6.07, 6.45) is 1.18. The van der Waals surface area contributed by atoms with Crippen molar-refractivity contribution in [3.63, 3.8) is 0 Å². The van der Waals surface area contributed by atoms with Gasteiger partial charge in [-0.2, -0.15) is 0 Å². The van der Waals surface area contributed by atoms with Crippen LogP contribution in [0.5, 0.6) is 0 Å². The minimum Gasteiger partial charge on any atom is -0.360 e. The first-order chi connectivity index (χ1) is 8.41. The number of nitrogens with one attached hydrogen (secondary N) is 1. The Bertz CT molecular complexity index is 744. The van der Waals surface area contributed by atoms with Crippen molar-refractivity contribution in [3.8, 4) is 11.3 Å². The monoisotopic (exact) mass is 265 g/mol. The SMILES string of the molecule is [C-]#[N+]c1ccc(F)c(-c2cc(S(N)(=O)=O)c[nH]2)c1. The molecule has 1 heterocycles. The summed E-state index contributed by atoms with van der Waals surface area (Å²) in [5.41, 5.74) is 0.638. The van der Waals surface area contributed by atoms with Gasteiger partial charge in [-0.15, -0.1) is 0 Å². The van der Waals surface area contributed by atoms with Gasteiger partial charge in [-0.25, -0.2) is 22.8 Å². The van der Waals surface area contributed by atoms with Crippen molar-refractivity contribution >= 4 is 15.7 Å². The number of aromatic amines is 1. The second kappa shape index (κ2) is 4.25. The summed E-state index contributed by atoms with van der Waals surface area (Å²) in [4.78, 5) is 5.66. The molecule has 0 aliphatic rings. The maximum absolute atomic E-state index is 13.6. The Hall–Kier alpha value is -2.17. The molecule has 0 aliphatic carbocycles. The average Bonchev–Trinajstić information content (AvgIpc) is 2.78. The topological polar surface area (TPSA) is 80.3 Å². The molecule has 92 valence electrons. The molecule has 0 atom stereocenters. The average molecular weight is 265 g/mol. The highest BCUT2D eigenvalue weighted by molar-refractivity contribution is 7.89. The third-order valence-electron chi connectivity index (χ3n) is 2.35. The van der Waals surface area contributed by atoms with Crippen LogP contribution in [0.1, 0.15) is 0 Å². The lowest BCUT2D eigenvalue weighted by Crippen LogP contribution is -2.10. The van der Waals surface area contributed by atoms with Gasteiger partial charge in [0.2, 0.25) is 10.0 Å². The highest BCUT2D eigenvalue weighted by Gasteiger charge is 2.13. The lowest BCUT2D eigenvalue weighted by atomic mass is 10.1. The molecular formula is C11H8FN3O2S. The van der Waals surface area contributed by atoms with Crippen LogP contribution < -0.4 is 5.14 Å². The number of nitrogens with zero attached hydrogens (tertiary/aromatic N) is 1. The molecule has 0 aliphatic heterocycles. The van der Waals surface area contributed by atoms with Gasteiger partial charge in [0.1, 0.15) is 5.82 Å². The van der Waals surface area contributed by atoms with E-state index in [1.165, 1.54) is 24.4 Å². The second-order valence-electron chi connectivity index (χ2n) is 3.57. The van der Waals surface area contributed by atoms with Crippen LogP contribution in [-0.2, 0) is 10.0 Å². The standard InChI is InChI=1S/C11H8FN3O2S/c1-14-7-2-3-10(12)9(4-7)11-5-8(6-15-11)18(13,16)17/h2-6,15H,(H2,13,16,17). The predicted octanol–water partition coefficient (Wildman–Crippen LogP) is 2.02. The van der Waals surface area contributed by atoms with E-state index in [1.54, 1.807) is 0 Å². The van der Waals surface area contributed by atoms with E-state index in [4.69, 9.17) is 11.7 Å². The molecule has 0 saturated carbocycles. The second-order valence-corrected chi connectivity index (χ2v) is 5.13. The van der Waals surface area contributed by atoms with Crippen molar-refractivity contribution < 1.29 is 12.8 Å². The van der Waals surface area contributed by atoms with E-state index in [0.29, 0.717) is 0 Å². The van der Waals surface area contributed by atoms with Crippen LogP contribution in [0.3, 0.4) is 0 Å². The molecule has 0 fully saturated rings. The van der Waals surface area contributed by atoms with Gasteiger partial charge in [-0.05, 0) is 18.2 Å². The molecule has 2 rings (SSSR count). The van der Waals surface area contributed by atoms with Gasteiger partial charge in [0.15, 0.2) is 5.69 Å². The zero-order valence-corrected chi connectivity index (χ0v) is 9.83. The number of aromatic nitrogens is 1. The Morgan fingerprint density at radius 2 is 2.06 bits per heavy atom. The highest BCUT2D eigenvalue weighted by Crippen LogP contribution is 2.27. The predicted molar refractivity (Wildman–Crippen MR) is 63.8 cm³/mol. The molecule has 0 unspecified atom stereocenters. The van der Waals surface area contributed by atoms with Gasteiger partial charge < -0.3 is 4.98 Å². The number of benzene rings is 1. The van der Waals surface area contributed by atoms with Crippen LogP contribution in [-0.4, -0.2) is 13.4 Å². The van der Waals surface area contributed by atoms with Crippen molar-refractivity contribution in [1.82, 2.24) is 4.98 Å². The fraction of sp³-hybridized carbons (Fsp3) is 0.